The van der Waals surface area contributed by atoms with Crippen molar-refractivity contribution >= 4 is 56.5 Å². The molecule has 0 spiro atoms. The largest absolute Gasteiger partial charge is 0.507 e. The predicted molar refractivity (Wildman–Crippen MR) is 183 cm³/mol. The number of aromatic nitrogens is 2. The fraction of sp³-hybridized carbons (Fsp3) is 0.222. The van der Waals surface area contributed by atoms with E-state index < -0.39 is 29.3 Å². The van der Waals surface area contributed by atoms with Gasteiger partial charge in [0.15, 0.2) is 15.8 Å². The van der Waals surface area contributed by atoms with E-state index >= 15 is 0 Å². The van der Waals surface area contributed by atoms with E-state index in [-0.39, 0.29) is 16.3 Å². The molecule has 0 bridgehead atoms. The van der Waals surface area contributed by atoms with Crippen LogP contribution in [0.3, 0.4) is 0 Å². The molecule has 0 saturated carbocycles. The van der Waals surface area contributed by atoms with Crippen molar-refractivity contribution in [3.8, 4) is 11.5 Å². The number of amides is 1. The van der Waals surface area contributed by atoms with E-state index in [2.05, 4.69) is 41.4 Å². The maximum absolute atomic E-state index is 14.6. The van der Waals surface area contributed by atoms with Crippen LogP contribution < -0.4 is 14.4 Å². The number of ether oxygens (including phenoxy) is 2. The first kappa shape index (κ1) is 32.2. The van der Waals surface area contributed by atoms with Gasteiger partial charge >= 0.3 is 5.91 Å². The van der Waals surface area contributed by atoms with Crippen molar-refractivity contribution in [2.24, 2.45) is 0 Å². The minimum Gasteiger partial charge on any atom is -0.507 e. The standard InChI is InChI=1S/C36H32FN3O5S2/c1-4-5-17-45-28-16-15-23(19-29(28)44-3)31-30(32(41)24-14-13-21(2)27(37)18-24)33(42)34(43)40(31)35-38-39-36(47-35)46-20-25-11-8-10-22-9-6-7-12-26(22)25/h6-16,18-19,31,41H,4-5,17,20H2,1-3H3/b32-30+. The molecular formula is C36H32FN3O5S2. The number of thioether (sulfide) groups is 1. The summed E-state index contributed by atoms with van der Waals surface area (Å²) in [6, 6.07) is 22.4. The number of Topliss-reactive ketones (excluding diaryl/α,β-unsaturated/α-hetero) is 1. The van der Waals surface area contributed by atoms with Gasteiger partial charge in [-0.3, -0.25) is 14.5 Å². The molecule has 1 unspecified atom stereocenters. The topological polar surface area (TPSA) is 102 Å². The summed E-state index contributed by atoms with van der Waals surface area (Å²) in [6.45, 7) is 4.15. The number of aliphatic hydroxyl groups is 1. The molecule has 47 heavy (non-hydrogen) atoms. The van der Waals surface area contributed by atoms with Gasteiger partial charge in [-0.2, -0.15) is 0 Å². The van der Waals surface area contributed by atoms with Crippen LogP contribution in [-0.2, 0) is 15.3 Å². The molecule has 1 aromatic heterocycles. The number of hydrogen-bond donors (Lipinski definition) is 1. The summed E-state index contributed by atoms with van der Waals surface area (Å²) >= 11 is 2.65. The van der Waals surface area contributed by atoms with Gasteiger partial charge in [-0.15, -0.1) is 10.2 Å². The number of halogens is 1. The van der Waals surface area contributed by atoms with Gasteiger partial charge in [0.05, 0.1) is 25.3 Å². The summed E-state index contributed by atoms with van der Waals surface area (Å²) in [7, 11) is 1.50. The molecular weight excluding hydrogens is 638 g/mol. The zero-order chi connectivity index (χ0) is 33.1. The quantitative estimate of drug-likeness (QED) is 0.0375. The third-order valence-electron chi connectivity index (χ3n) is 7.98. The number of nitrogens with zero attached hydrogens (tertiary/aromatic N) is 3. The van der Waals surface area contributed by atoms with E-state index in [9.17, 15) is 19.1 Å². The number of unbranched alkanes of at least 4 members (excludes halogenated alkanes) is 1. The third kappa shape index (κ3) is 6.45. The minimum absolute atomic E-state index is 0.0752. The fourth-order valence-electron chi connectivity index (χ4n) is 5.46. The monoisotopic (exact) mass is 669 g/mol. The molecule has 6 rings (SSSR count). The Balaban J connectivity index is 1.39. The molecule has 1 aliphatic heterocycles. The highest BCUT2D eigenvalue weighted by Crippen LogP contribution is 2.46. The molecule has 1 atom stereocenters. The summed E-state index contributed by atoms with van der Waals surface area (Å²) in [4.78, 5) is 28.6. The summed E-state index contributed by atoms with van der Waals surface area (Å²) in [5, 5.41) is 22.6. The summed E-state index contributed by atoms with van der Waals surface area (Å²) in [5.41, 5.74) is 1.86. The molecule has 2 heterocycles. The molecule has 8 nitrogen and oxygen atoms in total. The molecule has 1 saturated heterocycles. The number of fused-ring (bicyclic) bond motifs is 1. The van der Waals surface area contributed by atoms with E-state index in [1.807, 2.05) is 18.2 Å². The molecule has 11 heteroatoms. The van der Waals surface area contributed by atoms with Crippen LogP contribution in [-0.4, -0.2) is 40.7 Å². The molecule has 4 aromatic carbocycles. The molecule has 1 N–H and O–H groups in total. The number of rotatable bonds is 11. The lowest BCUT2D eigenvalue weighted by Gasteiger charge is -2.23. The molecule has 5 aromatic rings. The minimum atomic E-state index is -1.10. The van der Waals surface area contributed by atoms with Gasteiger partial charge in [0.1, 0.15) is 11.6 Å². The van der Waals surface area contributed by atoms with Crippen LogP contribution in [0.15, 0.2) is 88.8 Å². The lowest BCUT2D eigenvalue weighted by molar-refractivity contribution is -0.132. The smallest absolute Gasteiger partial charge is 0.301 e. The van der Waals surface area contributed by atoms with Crippen molar-refractivity contribution in [3.05, 3.63) is 113 Å². The van der Waals surface area contributed by atoms with E-state index in [1.165, 1.54) is 47.2 Å². The molecule has 1 fully saturated rings. The summed E-state index contributed by atoms with van der Waals surface area (Å²) in [6.07, 6.45) is 1.81. The van der Waals surface area contributed by atoms with Crippen LogP contribution in [0.5, 0.6) is 11.5 Å². The molecule has 1 aliphatic rings. The first-order valence-electron chi connectivity index (χ1n) is 15.1. The average molecular weight is 670 g/mol. The summed E-state index contributed by atoms with van der Waals surface area (Å²) in [5.74, 6) is -1.32. The van der Waals surface area contributed by atoms with Crippen molar-refractivity contribution in [1.82, 2.24) is 10.2 Å². The van der Waals surface area contributed by atoms with Crippen molar-refractivity contribution in [1.29, 1.82) is 0 Å². The molecule has 0 aliphatic carbocycles. The number of hydrogen-bond acceptors (Lipinski definition) is 9. The SMILES string of the molecule is CCCCOc1ccc(C2/C(=C(\O)c3ccc(C)c(F)c3)C(=O)C(=O)N2c2nnc(SCc3cccc4ccccc34)s2)cc1OC. The molecule has 1 amide bonds. The van der Waals surface area contributed by atoms with Crippen LogP contribution in [0.4, 0.5) is 9.52 Å². The highest BCUT2D eigenvalue weighted by Gasteiger charge is 2.48. The number of benzene rings is 4. The Bertz CT molecular complexity index is 2000. The number of methoxy groups -OCH3 is 1. The molecule has 0 radical (unpaired) electrons. The molecule has 240 valence electrons. The highest BCUT2D eigenvalue weighted by atomic mass is 32.2. The van der Waals surface area contributed by atoms with E-state index in [0.29, 0.717) is 39.3 Å². The number of anilines is 1. The van der Waals surface area contributed by atoms with Crippen LogP contribution in [0.1, 0.15) is 48.1 Å². The number of ketones is 1. The van der Waals surface area contributed by atoms with Gasteiger partial charge in [-0.1, -0.05) is 97.1 Å². The second-order valence-corrected chi connectivity index (χ2v) is 13.2. The average Bonchev–Trinajstić information content (AvgIpc) is 3.66. The van der Waals surface area contributed by atoms with Crippen molar-refractivity contribution in [2.45, 2.75) is 42.8 Å². The van der Waals surface area contributed by atoms with Crippen LogP contribution >= 0.6 is 23.1 Å². The Kier molecular flexibility index (Phi) is 9.55. The lowest BCUT2D eigenvalue weighted by Crippen LogP contribution is -2.29. The maximum atomic E-state index is 14.6. The lowest BCUT2D eigenvalue weighted by atomic mass is 9.94. The van der Waals surface area contributed by atoms with Crippen LogP contribution in [0.2, 0.25) is 0 Å². The van der Waals surface area contributed by atoms with E-state index in [1.54, 1.807) is 25.1 Å². The Morgan fingerprint density at radius 3 is 2.62 bits per heavy atom. The van der Waals surface area contributed by atoms with Crippen LogP contribution in [0, 0.1) is 12.7 Å². The summed E-state index contributed by atoms with van der Waals surface area (Å²) < 4.78 is 26.7. The van der Waals surface area contributed by atoms with Gasteiger partial charge in [-0.05, 0) is 59.0 Å². The van der Waals surface area contributed by atoms with Crippen molar-refractivity contribution < 1.29 is 28.6 Å². The first-order chi connectivity index (χ1) is 22.8. The Hall–Kier alpha value is -4.74. The zero-order valence-corrected chi connectivity index (χ0v) is 27.7. The van der Waals surface area contributed by atoms with Gasteiger partial charge in [0, 0.05) is 11.3 Å². The normalized spacial score (nSPS) is 15.8. The highest BCUT2D eigenvalue weighted by molar-refractivity contribution is 8.00. The van der Waals surface area contributed by atoms with Gasteiger partial charge in [0.25, 0.3) is 5.78 Å². The fourth-order valence-corrected chi connectivity index (χ4v) is 7.33. The van der Waals surface area contributed by atoms with Gasteiger partial charge in [0.2, 0.25) is 5.13 Å². The predicted octanol–water partition coefficient (Wildman–Crippen LogP) is 8.24. The number of aliphatic hydroxyl groups excluding tert-OH is 1. The second kappa shape index (κ2) is 13.9. The Morgan fingerprint density at radius 2 is 1.83 bits per heavy atom. The van der Waals surface area contributed by atoms with E-state index in [0.717, 1.165) is 35.2 Å². The van der Waals surface area contributed by atoms with Gasteiger partial charge in [-0.25, -0.2) is 4.39 Å². The van der Waals surface area contributed by atoms with Crippen molar-refractivity contribution in [2.75, 3.05) is 18.6 Å². The number of carbonyl (C=O) groups excluding carboxylic acids is 2. The van der Waals surface area contributed by atoms with Crippen LogP contribution in [0.25, 0.3) is 16.5 Å². The first-order valence-corrected chi connectivity index (χ1v) is 16.9. The number of aryl methyl sites for hydroxylation is 1. The second-order valence-electron chi connectivity index (χ2n) is 11.0. The number of carbonyl (C=O) groups is 2. The van der Waals surface area contributed by atoms with E-state index in [4.69, 9.17) is 9.47 Å². The van der Waals surface area contributed by atoms with Gasteiger partial charge < -0.3 is 14.6 Å². The Morgan fingerprint density at radius 1 is 1.02 bits per heavy atom. The zero-order valence-electron chi connectivity index (χ0n) is 26.0. The Labute approximate surface area is 279 Å². The maximum Gasteiger partial charge on any atom is 0.301 e. The third-order valence-corrected chi connectivity index (χ3v) is 10.1. The van der Waals surface area contributed by atoms with Crippen molar-refractivity contribution in [3.63, 3.8) is 0 Å².